The Morgan fingerprint density at radius 2 is 2.17 bits per heavy atom. The first-order valence-electron chi connectivity index (χ1n) is 5.55. The lowest BCUT2D eigenvalue weighted by molar-refractivity contribution is 0.341. The highest BCUT2D eigenvalue weighted by atomic mass is 16.5. The molecule has 2 rings (SSSR count). The maximum Gasteiger partial charge on any atom is 0.236 e. The average Bonchev–Trinajstić information content (AvgIpc) is 2.40. The second kappa shape index (κ2) is 5.64. The van der Waals surface area contributed by atoms with Crippen LogP contribution in [-0.4, -0.2) is 16.6 Å². The Morgan fingerprint density at radius 1 is 1.33 bits per heavy atom. The lowest BCUT2D eigenvalue weighted by Crippen LogP contribution is -1.98. The summed E-state index contributed by atoms with van der Waals surface area (Å²) < 4.78 is 5.55. The van der Waals surface area contributed by atoms with Gasteiger partial charge in [0.05, 0.1) is 12.3 Å². The SMILES string of the molecule is CCOc1ccccc1-c1ccnc(NC#N)n1. The standard InChI is InChI=1S/C13H12N4O/c1-2-18-12-6-4-3-5-10(12)11-7-8-15-13(17-11)16-9-14/h3-8H,2H2,1H3,(H,15,16,17). The molecule has 0 bridgehead atoms. The summed E-state index contributed by atoms with van der Waals surface area (Å²) in [5.74, 6) is 1.04. The Morgan fingerprint density at radius 3 is 2.94 bits per heavy atom. The van der Waals surface area contributed by atoms with Crippen LogP contribution in [0.1, 0.15) is 6.92 Å². The molecule has 5 nitrogen and oxygen atoms in total. The molecule has 5 heteroatoms. The number of para-hydroxylation sites is 1. The Bertz CT molecular complexity index is 577. The van der Waals surface area contributed by atoms with Gasteiger partial charge in [0.2, 0.25) is 5.95 Å². The first-order chi connectivity index (χ1) is 8.85. The van der Waals surface area contributed by atoms with Crippen molar-refractivity contribution in [2.75, 3.05) is 11.9 Å². The summed E-state index contributed by atoms with van der Waals surface area (Å²) in [7, 11) is 0. The van der Waals surface area contributed by atoms with Crippen LogP contribution in [0.15, 0.2) is 36.5 Å². The molecule has 0 saturated heterocycles. The van der Waals surface area contributed by atoms with Crippen molar-refractivity contribution in [1.29, 1.82) is 5.26 Å². The van der Waals surface area contributed by atoms with Crippen molar-refractivity contribution < 1.29 is 4.74 Å². The smallest absolute Gasteiger partial charge is 0.236 e. The molecular weight excluding hydrogens is 228 g/mol. The van der Waals surface area contributed by atoms with E-state index in [1.165, 1.54) is 0 Å². The van der Waals surface area contributed by atoms with Crippen molar-refractivity contribution in [2.24, 2.45) is 0 Å². The Labute approximate surface area is 105 Å². The number of hydrogen-bond donors (Lipinski definition) is 1. The summed E-state index contributed by atoms with van der Waals surface area (Å²) in [5, 5.41) is 11.0. The Balaban J connectivity index is 2.42. The van der Waals surface area contributed by atoms with Crippen LogP contribution in [0.3, 0.4) is 0 Å². The van der Waals surface area contributed by atoms with E-state index in [4.69, 9.17) is 10.00 Å². The monoisotopic (exact) mass is 240 g/mol. The Kier molecular flexibility index (Phi) is 3.72. The zero-order valence-electron chi connectivity index (χ0n) is 9.92. The number of anilines is 1. The minimum atomic E-state index is 0.279. The highest BCUT2D eigenvalue weighted by Crippen LogP contribution is 2.28. The third-order valence-electron chi connectivity index (χ3n) is 2.29. The minimum absolute atomic E-state index is 0.279. The van der Waals surface area contributed by atoms with Crippen molar-refractivity contribution in [3.8, 4) is 23.2 Å². The van der Waals surface area contributed by atoms with Gasteiger partial charge in [-0.25, -0.2) is 9.97 Å². The molecule has 90 valence electrons. The van der Waals surface area contributed by atoms with E-state index < -0.39 is 0 Å². The summed E-state index contributed by atoms with van der Waals surface area (Å²) in [4.78, 5) is 8.20. The molecule has 0 radical (unpaired) electrons. The van der Waals surface area contributed by atoms with Gasteiger partial charge in [-0.05, 0) is 25.1 Å². The molecule has 0 fully saturated rings. The van der Waals surface area contributed by atoms with Crippen molar-refractivity contribution in [3.63, 3.8) is 0 Å². The predicted molar refractivity (Wildman–Crippen MR) is 67.9 cm³/mol. The topological polar surface area (TPSA) is 70.8 Å². The molecule has 1 aromatic heterocycles. The third kappa shape index (κ3) is 2.55. The van der Waals surface area contributed by atoms with Crippen molar-refractivity contribution in [3.05, 3.63) is 36.5 Å². The van der Waals surface area contributed by atoms with Gasteiger partial charge in [-0.1, -0.05) is 12.1 Å². The summed E-state index contributed by atoms with van der Waals surface area (Å²) in [6, 6.07) is 9.41. The predicted octanol–water partition coefficient (Wildman–Crippen LogP) is 2.44. The molecule has 2 aromatic rings. The number of aromatic nitrogens is 2. The van der Waals surface area contributed by atoms with Crippen LogP contribution in [0.5, 0.6) is 5.75 Å². The van der Waals surface area contributed by atoms with E-state index in [-0.39, 0.29) is 5.95 Å². The third-order valence-corrected chi connectivity index (χ3v) is 2.29. The first kappa shape index (κ1) is 11.9. The van der Waals surface area contributed by atoms with Gasteiger partial charge in [0.1, 0.15) is 5.75 Å². The van der Waals surface area contributed by atoms with Crippen LogP contribution >= 0.6 is 0 Å². The molecule has 0 spiro atoms. The fourth-order valence-corrected chi connectivity index (χ4v) is 1.58. The van der Waals surface area contributed by atoms with E-state index in [2.05, 4.69) is 15.3 Å². The van der Waals surface area contributed by atoms with Gasteiger partial charge in [-0.2, -0.15) is 5.26 Å². The molecule has 0 unspecified atom stereocenters. The molecule has 0 amide bonds. The van der Waals surface area contributed by atoms with E-state index in [0.717, 1.165) is 11.3 Å². The number of rotatable bonds is 4. The maximum absolute atomic E-state index is 8.55. The first-order valence-corrected chi connectivity index (χ1v) is 5.55. The summed E-state index contributed by atoms with van der Waals surface area (Å²) in [6.45, 7) is 2.52. The molecule has 1 heterocycles. The molecule has 0 aliphatic rings. The minimum Gasteiger partial charge on any atom is -0.493 e. The highest BCUT2D eigenvalue weighted by Gasteiger charge is 2.07. The van der Waals surface area contributed by atoms with Crippen LogP contribution in [0, 0.1) is 11.5 Å². The van der Waals surface area contributed by atoms with Gasteiger partial charge >= 0.3 is 0 Å². The fourth-order valence-electron chi connectivity index (χ4n) is 1.58. The Hall–Kier alpha value is -2.61. The van der Waals surface area contributed by atoms with Gasteiger partial charge in [0, 0.05) is 11.8 Å². The van der Waals surface area contributed by atoms with Crippen LogP contribution in [-0.2, 0) is 0 Å². The number of hydrogen-bond acceptors (Lipinski definition) is 5. The zero-order chi connectivity index (χ0) is 12.8. The molecular formula is C13H12N4O. The zero-order valence-corrected chi connectivity index (χ0v) is 9.92. The van der Waals surface area contributed by atoms with Crippen molar-refractivity contribution in [2.45, 2.75) is 6.92 Å². The molecule has 0 saturated carbocycles. The van der Waals surface area contributed by atoms with E-state index in [1.807, 2.05) is 31.2 Å². The molecule has 1 aromatic carbocycles. The molecule has 18 heavy (non-hydrogen) atoms. The van der Waals surface area contributed by atoms with Crippen LogP contribution in [0.2, 0.25) is 0 Å². The van der Waals surface area contributed by atoms with Crippen molar-refractivity contribution in [1.82, 2.24) is 9.97 Å². The van der Waals surface area contributed by atoms with E-state index in [0.29, 0.717) is 12.3 Å². The fraction of sp³-hybridized carbons (Fsp3) is 0.154. The largest absolute Gasteiger partial charge is 0.493 e. The van der Waals surface area contributed by atoms with Gasteiger partial charge in [-0.15, -0.1) is 0 Å². The maximum atomic E-state index is 8.55. The van der Waals surface area contributed by atoms with E-state index in [9.17, 15) is 0 Å². The van der Waals surface area contributed by atoms with Crippen LogP contribution in [0.25, 0.3) is 11.3 Å². The summed E-state index contributed by atoms with van der Waals surface area (Å²) in [5.41, 5.74) is 1.59. The quantitative estimate of drug-likeness (QED) is 0.656. The highest BCUT2D eigenvalue weighted by molar-refractivity contribution is 5.67. The lowest BCUT2D eigenvalue weighted by atomic mass is 10.1. The molecule has 0 aliphatic carbocycles. The van der Waals surface area contributed by atoms with Crippen LogP contribution < -0.4 is 10.1 Å². The van der Waals surface area contributed by atoms with Crippen LogP contribution in [0.4, 0.5) is 5.95 Å². The second-order valence-corrected chi connectivity index (χ2v) is 3.43. The van der Waals surface area contributed by atoms with Gasteiger partial charge in [0.25, 0.3) is 0 Å². The van der Waals surface area contributed by atoms with Gasteiger partial charge < -0.3 is 4.74 Å². The molecule has 1 N–H and O–H groups in total. The van der Waals surface area contributed by atoms with Crippen molar-refractivity contribution >= 4 is 5.95 Å². The molecule has 0 atom stereocenters. The number of nitrogens with zero attached hydrogens (tertiary/aromatic N) is 3. The van der Waals surface area contributed by atoms with Gasteiger partial charge in [-0.3, -0.25) is 5.32 Å². The summed E-state index contributed by atoms with van der Waals surface area (Å²) in [6.07, 6.45) is 3.40. The van der Waals surface area contributed by atoms with Gasteiger partial charge in [0.15, 0.2) is 6.19 Å². The number of ether oxygens (including phenoxy) is 1. The lowest BCUT2D eigenvalue weighted by Gasteiger charge is -2.09. The average molecular weight is 240 g/mol. The number of nitriles is 1. The molecule has 0 aliphatic heterocycles. The van der Waals surface area contributed by atoms with E-state index in [1.54, 1.807) is 18.5 Å². The second-order valence-electron chi connectivity index (χ2n) is 3.43. The summed E-state index contributed by atoms with van der Waals surface area (Å²) >= 11 is 0. The number of benzene rings is 1. The van der Waals surface area contributed by atoms with E-state index >= 15 is 0 Å². The number of nitrogens with one attached hydrogen (secondary N) is 1. The normalized spacial score (nSPS) is 9.56.